The van der Waals surface area contributed by atoms with Crippen LogP contribution in [0.25, 0.3) is 0 Å². The standard InChI is InChI=1S/C11H19N5/c1-4-16(7-8(2)10(12)13)11-9(3)14-5-6-15-11/h5-6,8H,4,7H2,1-3H3,(H3,12,13). The zero-order valence-electron chi connectivity index (χ0n) is 10.1. The van der Waals surface area contributed by atoms with Gasteiger partial charge in [0.15, 0.2) is 0 Å². The summed E-state index contributed by atoms with van der Waals surface area (Å²) >= 11 is 0. The molecule has 1 rings (SSSR count). The molecule has 0 bridgehead atoms. The normalized spacial score (nSPS) is 12.2. The van der Waals surface area contributed by atoms with E-state index in [4.69, 9.17) is 11.1 Å². The lowest BCUT2D eigenvalue weighted by Crippen LogP contribution is -2.35. The van der Waals surface area contributed by atoms with Gasteiger partial charge in [-0.1, -0.05) is 6.92 Å². The van der Waals surface area contributed by atoms with Crippen molar-refractivity contribution in [2.75, 3.05) is 18.0 Å². The van der Waals surface area contributed by atoms with Crippen LogP contribution in [0.3, 0.4) is 0 Å². The second kappa shape index (κ2) is 5.44. The van der Waals surface area contributed by atoms with E-state index in [2.05, 4.69) is 21.8 Å². The molecule has 0 fully saturated rings. The summed E-state index contributed by atoms with van der Waals surface area (Å²) in [6.07, 6.45) is 3.37. The van der Waals surface area contributed by atoms with Crippen molar-refractivity contribution in [2.45, 2.75) is 20.8 Å². The SMILES string of the molecule is CCN(CC(C)C(=N)N)c1nccnc1C. The summed E-state index contributed by atoms with van der Waals surface area (Å²) in [5.41, 5.74) is 6.38. The van der Waals surface area contributed by atoms with Crippen LogP contribution in [0.5, 0.6) is 0 Å². The van der Waals surface area contributed by atoms with Crippen LogP contribution in [0.4, 0.5) is 5.82 Å². The highest BCUT2D eigenvalue weighted by Gasteiger charge is 2.14. The van der Waals surface area contributed by atoms with Gasteiger partial charge in [-0.2, -0.15) is 0 Å². The summed E-state index contributed by atoms with van der Waals surface area (Å²) in [5, 5.41) is 7.40. The maximum absolute atomic E-state index is 7.40. The molecule has 0 saturated carbocycles. The predicted molar refractivity (Wildman–Crippen MR) is 65.7 cm³/mol. The predicted octanol–water partition coefficient (Wildman–Crippen LogP) is 1.18. The van der Waals surface area contributed by atoms with Crippen molar-refractivity contribution in [3.05, 3.63) is 18.1 Å². The van der Waals surface area contributed by atoms with Crippen LogP contribution in [0.15, 0.2) is 12.4 Å². The summed E-state index contributed by atoms with van der Waals surface area (Å²) < 4.78 is 0. The highest BCUT2D eigenvalue weighted by atomic mass is 15.2. The van der Waals surface area contributed by atoms with Crippen LogP contribution in [-0.4, -0.2) is 28.9 Å². The van der Waals surface area contributed by atoms with Crippen molar-refractivity contribution >= 4 is 11.7 Å². The zero-order chi connectivity index (χ0) is 12.1. The first-order valence-electron chi connectivity index (χ1n) is 5.42. The molecular formula is C11H19N5. The van der Waals surface area contributed by atoms with Gasteiger partial charge in [-0.3, -0.25) is 10.4 Å². The number of anilines is 1. The van der Waals surface area contributed by atoms with Crippen LogP contribution in [-0.2, 0) is 0 Å². The maximum atomic E-state index is 7.40. The Morgan fingerprint density at radius 2 is 2.12 bits per heavy atom. The quantitative estimate of drug-likeness (QED) is 0.578. The number of amidine groups is 1. The molecule has 0 amide bonds. The Morgan fingerprint density at radius 3 is 2.62 bits per heavy atom. The number of aromatic nitrogens is 2. The number of hydrogen-bond acceptors (Lipinski definition) is 4. The Bertz CT molecular complexity index is 363. The van der Waals surface area contributed by atoms with Gasteiger partial charge < -0.3 is 10.6 Å². The Labute approximate surface area is 96.2 Å². The number of nitrogens with one attached hydrogen (secondary N) is 1. The summed E-state index contributed by atoms with van der Waals surface area (Å²) in [6.45, 7) is 7.46. The number of aryl methyl sites for hydroxylation is 1. The van der Waals surface area contributed by atoms with Gasteiger partial charge in [0, 0.05) is 31.4 Å². The minimum atomic E-state index is 0.0290. The maximum Gasteiger partial charge on any atom is 0.150 e. The lowest BCUT2D eigenvalue weighted by molar-refractivity contribution is 0.686. The van der Waals surface area contributed by atoms with E-state index in [1.165, 1.54) is 0 Å². The molecule has 1 aromatic rings. The number of hydrogen-bond donors (Lipinski definition) is 2. The van der Waals surface area contributed by atoms with Gasteiger partial charge in [0.25, 0.3) is 0 Å². The van der Waals surface area contributed by atoms with E-state index in [9.17, 15) is 0 Å². The molecule has 0 aliphatic carbocycles. The van der Waals surface area contributed by atoms with Gasteiger partial charge >= 0.3 is 0 Å². The number of rotatable bonds is 5. The van der Waals surface area contributed by atoms with Crippen molar-refractivity contribution in [1.82, 2.24) is 9.97 Å². The molecule has 1 unspecified atom stereocenters. The molecule has 3 N–H and O–H groups in total. The molecule has 5 nitrogen and oxygen atoms in total. The molecule has 0 aromatic carbocycles. The monoisotopic (exact) mass is 221 g/mol. The van der Waals surface area contributed by atoms with Gasteiger partial charge in [0.05, 0.1) is 11.5 Å². The molecule has 0 radical (unpaired) electrons. The molecule has 88 valence electrons. The first kappa shape index (κ1) is 12.4. The average Bonchev–Trinajstić information content (AvgIpc) is 2.26. The fourth-order valence-electron chi connectivity index (χ4n) is 1.50. The molecule has 1 aromatic heterocycles. The molecule has 1 atom stereocenters. The first-order valence-corrected chi connectivity index (χ1v) is 5.42. The molecule has 5 heteroatoms. The molecule has 16 heavy (non-hydrogen) atoms. The third kappa shape index (κ3) is 2.92. The second-order valence-electron chi connectivity index (χ2n) is 3.86. The van der Waals surface area contributed by atoms with Gasteiger partial charge in [0.2, 0.25) is 0 Å². The summed E-state index contributed by atoms with van der Waals surface area (Å²) in [6, 6.07) is 0. The lowest BCUT2D eigenvalue weighted by Gasteiger charge is -2.25. The summed E-state index contributed by atoms with van der Waals surface area (Å²) in [5.74, 6) is 1.11. The van der Waals surface area contributed by atoms with Gasteiger partial charge in [-0.15, -0.1) is 0 Å². The van der Waals surface area contributed by atoms with E-state index >= 15 is 0 Å². The van der Waals surface area contributed by atoms with Crippen LogP contribution in [0.2, 0.25) is 0 Å². The fourth-order valence-corrected chi connectivity index (χ4v) is 1.50. The largest absolute Gasteiger partial charge is 0.387 e. The van der Waals surface area contributed by atoms with Crippen LogP contribution >= 0.6 is 0 Å². The van der Waals surface area contributed by atoms with E-state index in [1.54, 1.807) is 12.4 Å². The molecule has 0 saturated heterocycles. The van der Waals surface area contributed by atoms with Crippen molar-refractivity contribution in [1.29, 1.82) is 5.41 Å². The van der Waals surface area contributed by atoms with Crippen molar-refractivity contribution in [3.8, 4) is 0 Å². The van der Waals surface area contributed by atoms with E-state index in [0.29, 0.717) is 6.54 Å². The lowest BCUT2D eigenvalue weighted by atomic mass is 10.1. The van der Waals surface area contributed by atoms with Gasteiger partial charge in [0.1, 0.15) is 5.82 Å². The third-order valence-electron chi connectivity index (χ3n) is 2.56. The van der Waals surface area contributed by atoms with Crippen molar-refractivity contribution < 1.29 is 0 Å². The number of nitrogens with zero attached hydrogens (tertiary/aromatic N) is 3. The van der Waals surface area contributed by atoms with Crippen molar-refractivity contribution in [2.24, 2.45) is 11.7 Å². The van der Waals surface area contributed by atoms with Gasteiger partial charge in [-0.05, 0) is 13.8 Å². The topological polar surface area (TPSA) is 78.9 Å². The zero-order valence-corrected chi connectivity index (χ0v) is 10.1. The number of nitrogens with two attached hydrogens (primary N) is 1. The third-order valence-corrected chi connectivity index (χ3v) is 2.56. The Morgan fingerprint density at radius 1 is 1.50 bits per heavy atom. The molecule has 0 spiro atoms. The Hall–Kier alpha value is -1.65. The first-order chi connectivity index (χ1) is 7.56. The molecule has 0 aliphatic heterocycles. The van der Waals surface area contributed by atoms with E-state index in [0.717, 1.165) is 18.1 Å². The molecule has 1 heterocycles. The van der Waals surface area contributed by atoms with Crippen molar-refractivity contribution in [3.63, 3.8) is 0 Å². The van der Waals surface area contributed by atoms with E-state index in [1.807, 2.05) is 13.8 Å². The highest BCUT2D eigenvalue weighted by molar-refractivity contribution is 5.79. The fraction of sp³-hybridized carbons (Fsp3) is 0.545. The Balaban J connectivity index is 2.83. The molecule has 0 aliphatic rings. The average molecular weight is 221 g/mol. The highest BCUT2D eigenvalue weighted by Crippen LogP contribution is 2.14. The second-order valence-corrected chi connectivity index (χ2v) is 3.86. The van der Waals surface area contributed by atoms with Crippen LogP contribution < -0.4 is 10.6 Å². The van der Waals surface area contributed by atoms with Crippen LogP contribution in [0, 0.1) is 18.3 Å². The minimum absolute atomic E-state index is 0.0290. The van der Waals surface area contributed by atoms with E-state index in [-0.39, 0.29) is 11.8 Å². The van der Waals surface area contributed by atoms with Crippen LogP contribution in [0.1, 0.15) is 19.5 Å². The molecular weight excluding hydrogens is 202 g/mol. The smallest absolute Gasteiger partial charge is 0.150 e. The summed E-state index contributed by atoms with van der Waals surface area (Å²) in [4.78, 5) is 10.6. The van der Waals surface area contributed by atoms with Gasteiger partial charge in [-0.25, -0.2) is 4.98 Å². The minimum Gasteiger partial charge on any atom is -0.387 e. The Kier molecular flexibility index (Phi) is 4.22. The summed E-state index contributed by atoms with van der Waals surface area (Å²) in [7, 11) is 0. The van der Waals surface area contributed by atoms with E-state index < -0.39 is 0 Å².